The largest absolute Gasteiger partial charge is 0.493 e. The van der Waals surface area contributed by atoms with Crippen LogP contribution in [0.15, 0.2) is 87.7 Å². The first-order chi connectivity index (χ1) is 19.9. The lowest BCUT2D eigenvalue weighted by atomic mass is 10.2. The van der Waals surface area contributed by atoms with Crippen LogP contribution in [-0.2, 0) is 36.3 Å². The van der Waals surface area contributed by atoms with Crippen LogP contribution in [0.3, 0.4) is 0 Å². The van der Waals surface area contributed by atoms with Crippen LogP contribution in [-0.4, -0.2) is 57.9 Å². The Balaban J connectivity index is 1.86. The van der Waals surface area contributed by atoms with Crippen LogP contribution < -0.4 is 20.4 Å². The highest BCUT2D eigenvalue weighted by molar-refractivity contribution is 7.91. The molecule has 15 heteroatoms. The molecule has 3 aromatic carbocycles. The molecule has 0 bridgehead atoms. The SMILES string of the molecule is Cc1cc(OCCCON=C(N)N)cc(OS(=O)(=O)c2ccccc2S(=O)(=O)N(CCC(=O)O)Cc2ccccc2)c1. The van der Waals surface area contributed by atoms with Crippen LogP contribution in [0.5, 0.6) is 11.5 Å². The topological polar surface area (TPSA) is 201 Å². The Hall–Kier alpha value is -4.34. The summed E-state index contributed by atoms with van der Waals surface area (Å²) in [5, 5.41) is 12.6. The van der Waals surface area contributed by atoms with Gasteiger partial charge in [0, 0.05) is 25.6 Å². The van der Waals surface area contributed by atoms with Gasteiger partial charge < -0.3 is 30.3 Å². The van der Waals surface area contributed by atoms with Gasteiger partial charge in [0.1, 0.15) is 27.9 Å². The van der Waals surface area contributed by atoms with Crippen molar-refractivity contribution >= 4 is 32.1 Å². The minimum atomic E-state index is -4.68. The molecule has 0 amide bonds. The van der Waals surface area contributed by atoms with Crippen molar-refractivity contribution in [3.63, 3.8) is 0 Å². The number of carboxylic acids is 1. The number of hydrogen-bond donors (Lipinski definition) is 3. The molecule has 0 unspecified atom stereocenters. The van der Waals surface area contributed by atoms with Gasteiger partial charge in [-0.25, -0.2) is 8.42 Å². The average Bonchev–Trinajstić information content (AvgIpc) is 2.92. The number of carbonyl (C=O) groups is 1. The Bertz CT molecular complexity index is 1610. The van der Waals surface area contributed by atoms with E-state index in [0.717, 1.165) is 16.4 Å². The number of nitrogens with zero attached hydrogens (tertiary/aromatic N) is 2. The number of aryl methyl sites for hydroxylation is 1. The third-order valence-electron chi connectivity index (χ3n) is 5.56. The van der Waals surface area contributed by atoms with E-state index in [1.54, 1.807) is 43.3 Å². The summed E-state index contributed by atoms with van der Waals surface area (Å²) >= 11 is 0. The predicted molar refractivity (Wildman–Crippen MR) is 154 cm³/mol. The molecule has 0 aliphatic carbocycles. The molecule has 0 aromatic heterocycles. The number of sulfonamides is 1. The zero-order valence-corrected chi connectivity index (χ0v) is 24.4. The number of carboxylic acid groups (broad SMARTS) is 1. The fourth-order valence-corrected chi connectivity index (χ4v) is 6.87. The molecule has 0 atom stereocenters. The summed E-state index contributed by atoms with van der Waals surface area (Å²) in [5.74, 6) is -1.20. The van der Waals surface area contributed by atoms with Gasteiger partial charge in [-0.15, -0.1) is 0 Å². The number of benzene rings is 3. The molecule has 0 aliphatic rings. The van der Waals surface area contributed by atoms with E-state index >= 15 is 0 Å². The third-order valence-corrected chi connectivity index (χ3v) is 8.90. The fourth-order valence-electron chi connectivity index (χ4n) is 3.75. The molecule has 13 nitrogen and oxygen atoms in total. The van der Waals surface area contributed by atoms with E-state index in [9.17, 15) is 26.7 Å². The summed E-state index contributed by atoms with van der Waals surface area (Å²) in [6.45, 7) is 1.54. The lowest BCUT2D eigenvalue weighted by Gasteiger charge is -2.23. The molecule has 0 aliphatic heterocycles. The van der Waals surface area contributed by atoms with Gasteiger partial charge in [0.15, 0.2) is 0 Å². The Morgan fingerprint density at radius 3 is 2.21 bits per heavy atom. The number of aliphatic carboxylic acids is 1. The fraction of sp³-hybridized carbons (Fsp3) is 0.259. The van der Waals surface area contributed by atoms with Gasteiger partial charge in [-0.05, 0) is 47.5 Å². The van der Waals surface area contributed by atoms with Gasteiger partial charge in [-0.1, -0.05) is 42.5 Å². The molecule has 3 rings (SSSR count). The quantitative estimate of drug-likeness (QED) is 0.0698. The van der Waals surface area contributed by atoms with Crippen molar-refractivity contribution in [1.82, 2.24) is 4.31 Å². The lowest BCUT2D eigenvalue weighted by Crippen LogP contribution is -2.33. The third kappa shape index (κ3) is 9.36. The maximum atomic E-state index is 13.8. The van der Waals surface area contributed by atoms with E-state index < -0.39 is 42.3 Å². The molecule has 226 valence electrons. The molecule has 42 heavy (non-hydrogen) atoms. The van der Waals surface area contributed by atoms with Crippen molar-refractivity contribution < 1.29 is 40.5 Å². The summed E-state index contributed by atoms with van der Waals surface area (Å²) in [7, 11) is -9.17. The smallest absolute Gasteiger partial charge is 0.340 e. The molecule has 0 spiro atoms. The van der Waals surface area contributed by atoms with Gasteiger partial charge in [0.25, 0.3) is 0 Å². The summed E-state index contributed by atoms with van der Waals surface area (Å²) in [5.41, 5.74) is 11.6. The first-order valence-corrected chi connectivity index (χ1v) is 15.5. The van der Waals surface area contributed by atoms with Crippen molar-refractivity contribution in [3.8, 4) is 11.5 Å². The molecule has 5 N–H and O–H groups in total. The maximum absolute atomic E-state index is 13.8. The Morgan fingerprint density at radius 1 is 0.905 bits per heavy atom. The number of ether oxygens (including phenoxy) is 1. The Labute approximate surface area is 244 Å². The molecular formula is C27H32N4O9S2. The summed E-state index contributed by atoms with van der Waals surface area (Å²) in [4.78, 5) is 15.0. The van der Waals surface area contributed by atoms with Crippen molar-refractivity contribution in [2.45, 2.75) is 36.1 Å². The van der Waals surface area contributed by atoms with Crippen LogP contribution in [0.2, 0.25) is 0 Å². The second kappa shape index (κ2) is 14.5. The highest BCUT2D eigenvalue weighted by Gasteiger charge is 2.33. The monoisotopic (exact) mass is 620 g/mol. The molecule has 0 saturated carbocycles. The van der Waals surface area contributed by atoms with Crippen LogP contribution in [0.1, 0.15) is 24.0 Å². The van der Waals surface area contributed by atoms with Crippen molar-refractivity contribution in [1.29, 1.82) is 0 Å². The van der Waals surface area contributed by atoms with E-state index in [2.05, 4.69) is 5.16 Å². The van der Waals surface area contributed by atoms with Gasteiger partial charge in [0.2, 0.25) is 16.0 Å². The molecule has 3 aromatic rings. The van der Waals surface area contributed by atoms with E-state index in [0.29, 0.717) is 23.3 Å². The van der Waals surface area contributed by atoms with Crippen LogP contribution in [0, 0.1) is 6.92 Å². The van der Waals surface area contributed by atoms with Crippen LogP contribution in [0.25, 0.3) is 0 Å². The number of oxime groups is 1. The Kier molecular flexibility index (Phi) is 11.1. The molecule has 0 heterocycles. The minimum absolute atomic E-state index is 0.0963. The summed E-state index contributed by atoms with van der Waals surface area (Å²) < 4.78 is 66.3. The summed E-state index contributed by atoms with van der Waals surface area (Å²) in [6, 6.07) is 18.0. The van der Waals surface area contributed by atoms with Gasteiger partial charge in [-0.2, -0.15) is 12.7 Å². The number of nitrogens with two attached hydrogens (primary N) is 2. The zero-order chi connectivity index (χ0) is 30.8. The number of hydrogen-bond acceptors (Lipinski definition) is 9. The first kappa shape index (κ1) is 32.2. The second-order valence-corrected chi connectivity index (χ2v) is 12.4. The minimum Gasteiger partial charge on any atom is -0.493 e. The zero-order valence-electron chi connectivity index (χ0n) is 22.7. The standard InChI is InChI=1S/C27H32N4O9S2/c1-20-16-22(38-14-7-15-39-30-27(28)29)18-23(17-20)40-42(36,37)25-11-6-5-10-24(25)41(34,35)31(13-12-26(32)33)19-21-8-3-2-4-9-21/h2-6,8-11,16-18H,7,12-15,19H2,1H3,(H,32,33)(H4,28,29,30). The predicted octanol–water partition coefficient (Wildman–Crippen LogP) is 2.40. The van der Waals surface area contributed by atoms with Crippen molar-refractivity contribution in [2.75, 3.05) is 19.8 Å². The average molecular weight is 621 g/mol. The molecule has 0 fully saturated rings. The summed E-state index contributed by atoms with van der Waals surface area (Å²) in [6.07, 6.45) is -0.0598. The van der Waals surface area contributed by atoms with Crippen molar-refractivity contribution in [3.05, 3.63) is 83.9 Å². The Morgan fingerprint density at radius 2 is 1.55 bits per heavy atom. The normalized spacial score (nSPS) is 11.6. The highest BCUT2D eigenvalue weighted by atomic mass is 32.2. The van der Waals surface area contributed by atoms with E-state index in [1.165, 1.54) is 24.3 Å². The number of guanidine groups is 1. The molecule has 0 radical (unpaired) electrons. The van der Waals surface area contributed by atoms with Crippen molar-refractivity contribution in [2.24, 2.45) is 16.6 Å². The van der Waals surface area contributed by atoms with E-state index in [4.69, 9.17) is 25.2 Å². The maximum Gasteiger partial charge on any atom is 0.340 e. The van der Waals surface area contributed by atoms with Gasteiger partial charge in [0.05, 0.1) is 13.0 Å². The molecular weight excluding hydrogens is 588 g/mol. The van der Waals surface area contributed by atoms with Crippen LogP contribution in [0.4, 0.5) is 0 Å². The molecule has 0 saturated heterocycles. The van der Waals surface area contributed by atoms with E-state index in [-0.39, 0.29) is 38.0 Å². The van der Waals surface area contributed by atoms with Crippen LogP contribution >= 0.6 is 0 Å². The lowest BCUT2D eigenvalue weighted by molar-refractivity contribution is -0.137. The van der Waals surface area contributed by atoms with E-state index in [1.807, 2.05) is 0 Å². The number of rotatable bonds is 16. The van der Waals surface area contributed by atoms with Gasteiger partial charge >= 0.3 is 16.1 Å². The van der Waals surface area contributed by atoms with Gasteiger partial charge in [-0.3, -0.25) is 4.79 Å². The first-order valence-electron chi connectivity index (χ1n) is 12.6. The highest BCUT2D eigenvalue weighted by Crippen LogP contribution is 2.30. The second-order valence-electron chi connectivity index (χ2n) is 8.99.